The highest BCUT2D eigenvalue weighted by atomic mass is 16.5. The van der Waals surface area contributed by atoms with Gasteiger partial charge in [-0.3, -0.25) is 0 Å². The third kappa shape index (κ3) is 3.87. The summed E-state index contributed by atoms with van der Waals surface area (Å²) in [6.07, 6.45) is 3.60. The molecule has 1 aromatic carbocycles. The van der Waals surface area contributed by atoms with Gasteiger partial charge in [0.05, 0.1) is 14.2 Å². The molecule has 112 valence electrons. The molecular formula is C16H26N2O2. The number of ether oxygens (including phenoxy) is 2. The summed E-state index contributed by atoms with van der Waals surface area (Å²) < 4.78 is 10.7. The Labute approximate surface area is 121 Å². The summed E-state index contributed by atoms with van der Waals surface area (Å²) in [7, 11) is 3.38. The van der Waals surface area contributed by atoms with Crippen molar-refractivity contribution in [1.82, 2.24) is 4.90 Å². The molecule has 1 saturated heterocycles. The van der Waals surface area contributed by atoms with E-state index in [1.54, 1.807) is 14.2 Å². The van der Waals surface area contributed by atoms with E-state index in [9.17, 15) is 0 Å². The maximum atomic E-state index is 5.95. The maximum absolute atomic E-state index is 5.95. The third-order valence-electron chi connectivity index (χ3n) is 4.05. The van der Waals surface area contributed by atoms with Crippen LogP contribution in [0.4, 0.5) is 0 Å². The Morgan fingerprint density at radius 2 is 1.95 bits per heavy atom. The second kappa shape index (κ2) is 7.50. The van der Waals surface area contributed by atoms with Crippen molar-refractivity contribution in [3.8, 4) is 11.5 Å². The minimum atomic E-state index is 0.482. The topological polar surface area (TPSA) is 47.7 Å². The first-order valence-electron chi connectivity index (χ1n) is 7.40. The molecule has 0 aliphatic carbocycles. The Kier molecular flexibility index (Phi) is 5.68. The van der Waals surface area contributed by atoms with E-state index < -0.39 is 0 Å². The quantitative estimate of drug-likeness (QED) is 0.828. The number of nitrogens with two attached hydrogens (primary N) is 1. The molecule has 1 fully saturated rings. The van der Waals surface area contributed by atoms with Crippen LogP contribution in [0.1, 0.15) is 18.4 Å². The SMILES string of the molecule is COc1ccc(CC(CN)CN2CCCC2)c(OC)c1. The van der Waals surface area contributed by atoms with Crippen molar-refractivity contribution < 1.29 is 9.47 Å². The zero-order valence-electron chi connectivity index (χ0n) is 12.6. The lowest BCUT2D eigenvalue weighted by molar-refractivity contribution is 0.278. The average Bonchev–Trinajstić information content (AvgIpc) is 2.99. The van der Waals surface area contributed by atoms with Crippen LogP contribution in [0.2, 0.25) is 0 Å². The third-order valence-corrected chi connectivity index (χ3v) is 4.05. The number of benzene rings is 1. The first-order chi connectivity index (χ1) is 9.76. The standard InChI is InChI=1S/C16H26N2O2/c1-19-15-6-5-14(16(10-15)20-2)9-13(11-17)12-18-7-3-4-8-18/h5-6,10,13H,3-4,7-9,11-12,17H2,1-2H3. The smallest absolute Gasteiger partial charge is 0.125 e. The Hall–Kier alpha value is -1.26. The zero-order valence-corrected chi connectivity index (χ0v) is 12.6. The zero-order chi connectivity index (χ0) is 14.4. The van der Waals surface area contributed by atoms with Gasteiger partial charge in [0.2, 0.25) is 0 Å². The first-order valence-corrected chi connectivity index (χ1v) is 7.40. The molecule has 1 aliphatic rings. The van der Waals surface area contributed by atoms with Gasteiger partial charge in [-0.15, -0.1) is 0 Å². The van der Waals surface area contributed by atoms with Gasteiger partial charge in [-0.2, -0.15) is 0 Å². The van der Waals surface area contributed by atoms with Crippen LogP contribution < -0.4 is 15.2 Å². The van der Waals surface area contributed by atoms with Crippen molar-refractivity contribution in [2.75, 3.05) is 40.4 Å². The van der Waals surface area contributed by atoms with E-state index in [0.717, 1.165) is 24.5 Å². The Bertz CT molecular complexity index is 417. The van der Waals surface area contributed by atoms with Crippen LogP contribution in [-0.4, -0.2) is 45.3 Å². The van der Waals surface area contributed by atoms with Gasteiger partial charge in [0.25, 0.3) is 0 Å². The van der Waals surface area contributed by atoms with Gasteiger partial charge in [-0.25, -0.2) is 0 Å². The molecule has 0 saturated carbocycles. The van der Waals surface area contributed by atoms with E-state index >= 15 is 0 Å². The highest BCUT2D eigenvalue weighted by Gasteiger charge is 2.18. The molecule has 2 rings (SSSR count). The van der Waals surface area contributed by atoms with E-state index in [-0.39, 0.29) is 0 Å². The highest BCUT2D eigenvalue weighted by molar-refractivity contribution is 5.41. The van der Waals surface area contributed by atoms with E-state index in [1.165, 1.54) is 31.5 Å². The number of nitrogens with zero attached hydrogens (tertiary/aromatic N) is 1. The molecule has 1 unspecified atom stereocenters. The Morgan fingerprint density at radius 3 is 2.55 bits per heavy atom. The second-order valence-electron chi connectivity index (χ2n) is 5.49. The van der Waals surface area contributed by atoms with Crippen LogP contribution in [0.5, 0.6) is 11.5 Å². The number of rotatable bonds is 7. The summed E-state index contributed by atoms with van der Waals surface area (Å²) in [6, 6.07) is 6.02. The van der Waals surface area contributed by atoms with Gasteiger partial charge in [-0.05, 0) is 56.4 Å². The van der Waals surface area contributed by atoms with Gasteiger partial charge in [0.15, 0.2) is 0 Å². The number of hydrogen-bond acceptors (Lipinski definition) is 4. The number of methoxy groups -OCH3 is 2. The van der Waals surface area contributed by atoms with Gasteiger partial charge >= 0.3 is 0 Å². The average molecular weight is 278 g/mol. The largest absolute Gasteiger partial charge is 0.497 e. The van der Waals surface area contributed by atoms with Crippen molar-refractivity contribution >= 4 is 0 Å². The van der Waals surface area contributed by atoms with Crippen molar-refractivity contribution in [1.29, 1.82) is 0 Å². The molecular weight excluding hydrogens is 252 g/mol. The van der Waals surface area contributed by atoms with Gasteiger partial charge in [0.1, 0.15) is 11.5 Å². The lowest BCUT2D eigenvalue weighted by atomic mass is 9.98. The van der Waals surface area contributed by atoms with E-state index in [0.29, 0.717) is 12.5 Å². The van der Waals surface area contributed by atoms with Crippen LogP contribution in [0.25, 0.3) is 0 Å². The van der Waals surface area contributed by atoms with Crippen LogP contribution >= 0.6 is 0 Å². The molecule has 0 radical (unpaired) electrons. The van der Waals surface area contributed by atoms with Crippen molar-refractivity contribution in [3.63, 3.8) is 0 Å². The lowest BCUT2D eigenvalue weighted by Crippen LogP contribution is -2.32. The lowest BCUT2D eigenvalue weighted by Gasteiger charge is -2.23. The minimum Gasteiger partial charge on any atom is -0.497 e. The van der Waals surface area contributed by atoms with Crippen molar-refractivity contribution in [3.05, 3.63) is 23.8 Å². The molecule has 4 heteroatoms. The molecule has 20 heavy (non-hydrogen) atoms. The fourth-order valence-corrected chi connectivity index (χ4v) is 2.88. The predicted octanol–water partition coefficient (Wildman–Crippen LogP) is 1.92. The Balaban J connectivity index is 2.02. The molecule has 2 N–H and O–H groups in total. The van der Waals surface area contributed by atoms with Gasteiger partial charge in [-0.1, -0.05) is 6.07 Å². The van der Waals surface area contributed by atoms with E-state index in [1.807, 2.05) is 12.1 Å². The second-order valence-corrected chi connectivity index (χ2v) is 5.49. The molecule has 4 nitrogen and oxygen atoms in total. The molecule has 1 atom stereocenters. The van der Waals surface area contributed by atoms with Crippen LogP contribution in [0.15, 0.2) is 18.2 Å². The highest BCUT2D eigenvalue weighted by Crippen LogP contribution is 2.27. The maximum Gasteiger partial charge on any atom is 0.125 e. The fraction of sp³-hybridized carbons (Fsp3) is 0.625. The summed E-state index contributed by atoms with van der Waals surface area (Å²) in [6.45, 7) is 4.24. The van der Waals surface area contributed by atoms with E-state index in [4.69, 9.17) is 15.2 Å². The van der Waals surface area contributed by atoms with Gasteiger partial charge < -0.3 is 20.1 Å². The van der Waals surface area contributed by atoms with Crippen LogP contribution in [0, 0.1) is 5.92 Å². The van der Waals surface area contributed by atoms with E-state index in [2.05, 4.69) is 11.0 Å². The van der Waals surface area contributed by atoms with Crippen molar-refractivity contribution in [2.24, 2.45) is 11.7 Å². The monoisotopic (exact) mass is 278 g/mol. The Morgan fingerprint density at radius 1 is 1.20 bits per heavy atom. The van der Waals surface area contributed by atoms with Crippen molar-refractivity contribution in [2.45, 2.75) is 19.3 Å². The summed E-state index contributed by atoms with van der Waals surface area (Å²) in [5, 5.41) is 0. The molecule has 0 aromatic heterocycles. The molecule has 1 aliphatic heterocycles. The summed E-state index contributed by atoms with van der Waals surface area (Å²) in [5.74, 6) is 2.20. The molecule has 1 heterocycles. The van der Waals surface area contributed by atoms with Gasteiger partial charge in [0, 0.05) is 12.6 Å². The first kappa shape index (κ1) is 15.1. The molecule has 0 spiro atoms. The summed E-state index contributed by atoms with van der Waals surface area (Å²) in [5.41, 5.74) is 7.17. The number of hydrogen-bond donors (Lipinski definition) is 1. The molecule has 0 bridgehead atoms. The summed E-state index contributed by atoms with van der Waals surface area (Å²) >= 11 is 0. The molecule has 0 amide bonds. The minimum absolute atomic E-state index is 0.482. The van der Waals surface area contributed by atoms with Crippen LogP contribution in [-0.2, 0) is 6.42 Å². The number of likely N-dealkylation sites (tertiary alicyclic amines) is 1. The molecule has 1 aromatic rings. The fourth-order valence-electron chi connectivity index (χ4n) is 2.88. The van der Waals surface area contributed by atoms with Crippen LogP contribution in [0.3, 0.4) is 0 Å². The summed E-state index contributed by atoms with van der Waals surface area (Å²) in [4.78, 5) is 2.52. The normalized spacial score (nSPS) is 17.1. The predicted molar refractivity (Wildman–Crippen MR) is 81.5 cm³/mol.